The van der Waals surface area contributed by atoms with Crippen LogP contribution in [0.4, 0.5) is 17.2 Å². The first kappa shape index (κ1) is 56.2. The molecule has 24 heteroatoms. The minimum absolute atomic E-state index is 0.00259. The number of carbonyl (C=O) groups is 2. The van der Waals surface area contributed by atoms with Crippen LogP contribution in [0.15, 0.2) is 89.0 Å². The molecule has 2 bridgehead atoms. The number of hydrogen-bond acceptors (Lipinski definition) is 19. The number of aliphatic hydroxyl groups is 1. The van der Waals surface area contributed by atoms with Crippen molar-refractivity contribution in [3.8, 4) is 39.2 Å². The predicted octanol–water partition coefficient (Wildman–Crippen LogP) is 6.92. The summed E-state index contributed by atoms with van der Waals surface area (Å²) in [4.78, 5) is 65.5. The van der Waals surface area contributed by atoms with Gasteiger partial charge in [0.1, 0.15) is 30.4 Å². The number of rotatable bonds is 20. The number of fused-ring (bicyclic) bond motifs is 2. The van der Waals surface area contributed by atoms with E-state index in [2.05, 4.69) is 45.3 Å². The maximum absolute atomic E-state index is 14.3. The van der Waals surface area contributed by atoms with Crippen molar-refractivity contribution < 1.29 is 52.3 Å². The van der Waals surface area contributed by atoms with E-state index in [1.165, 1.54) is 11.0 Å². The lowest BCUT2D eigenvalue weighted by Gasteiger charge is -2.43. The molecular formula is C57H70N11O11PS. The number of carbonyl (C=O) groups excluding carboxylic acids is 2. The highest BCUT2D eigenvalue weighted by atomic mass is 32.1. The van der Waals surface area contributed by atoms with Gasteiger partial charge in [0.15, 0.2) is 11.6 Å². The number of β-amino-alcohol motifs (C(OH)–C–C–N with tert-alkyl or cyclic N) is 1. The number of piperidine rings is 1. The second-order valence-electron chi connectivity index (χ2n) is 22.3. The maximum Gasteiger partial charge on any atom is 0.524 e. The number of thiazole rings is 1. The molecule has 1 saturated carbocycles. The Balaban J connectivity index is 0.603. The zero-order valence-electron chi connectivity index (χ0n) is 45.8. The Kier molecular flexibility index (Phi) is 16.6. The number of aromatic nitrogens is 5. The highest BCUT2D eigenvalue weighted by Crippen LogP contribution is 2.44. The number of nitrogen functional groups attached to an aromatic ring is 1. The van der Waals surface area contributed by atoms with Gasteiger partial charge in [-0.1, -0.05) is 50.2 Å². The number of likely N-dealkylation sites (tertiary alicyclic amines) is 2. The van der Waals surface area contributed by atoms with E-state index < -0.39 is 25.9 Å². The first-order valence-electron chi connectivity index (χ1n) is 27.9. The number of amides is 2. The van der Waals surface area contributed by atoms with Gasteiger partial charge in [0.25, 0.3) is 5.88 Å². The first-order chi connectivity index (χ1) is 39.0. The lowest BCUT2D eigenvalue weighted by molar-refractivity contribution is -0.141. The number of aliphatic hydroxyl groups excluding tert-OH is 1. The van der Waals surface area contributed by atoms with E-state index in [-0.39, 0.29) is 78.7 Å². The number of anilines is 3. The number of para-hydroxylation sites is 1. The molecule has 5 aliphatic rings. The second kappa shape index (κ2) is 24.0. The Morgan fingerprint density at radius 2 is 1.64 bits per heavy atom. The summed E-state index contributed by atoms with van der Waals surface area (Å²) in [5, 5.41) is 26.4. The van der Waals surface area contributed by atoms with Crippen LogP contribution in [0.2, 0.25) is 0 Å². The monoisotopic (exact) mass is 1150 g/mol. The molecular weight excluding hydrogens is 1080 g/mol. The molecule has 6 atom stereocenters. The van der Waals surface area contributed by atoms with Crippen molar-refractivity contribution in [2.45, 2.75) is 127 Å². The summed E-state index contributed by atoms with van der Waals surface area (Å²) in [6, 6.07) is 21.3. The van der Waals surface area contributed by atoms with Crippen LogP contribution in [0.1, 0.15) is 94.7 Å². The number of aryl methyl sites for hydroxylation is 1. The highest BCUT2D eigenvalue weighted by molar-refractivity contribution is 7.46. The fourth-order valence-electron chi connectivity index (χ4n) is 12.1. The summed E-state index contributed by atoms with van der Waals surface area (Å²) in [5.41, 5.74) is 13.7. The van der Waals surface area contributed by atoms with Crippen molar-refractivity contribution in [3.63, 3.8) is 0 Å². The van der Waals surface area contributed by atoms with E-state index in [9.17, 15) is 29.0 Å². The SMILES string of the molecule is Cc1ncsc1-c1ccc([C@@H](C)NC(=O)[C@@H]2C[C@@H](O)CN2C(=O)[C@@H](c2cc(OCCN3CCC(OC4CC(Oc5cc(N6C7CCC6CN(c6cc(-c8ccccc8OP(=O)(O)O)nnc6N)C7)ccn5)C4)CC3)no2)C(C)C)cc1. The highest BCUT2D eigenvalue weighted by Gasteiger charge is 2.45. The summed E-state index contributed by atoms with van der Waals surface area (Å²) >= 11 is 1.59. The molecule has 22 nitrogen and oxygen atoms in total. The molecule has 4 aromatic heterocycles. The first-order valence-corrected chi connectivity index (χ1v) is 30.3. The number of nitrogens with two attached hydrogens (primary N) is 1. The van der Waals surface area contributed by atoms with Crippen molar-refractivity contribution in [3.05, 3.63) is 102 Å². The Bertz CT molecular complexity index is 3210. The van der Waals surface area contributed by atoms with Gasteiger partial charge in [-0.15, -0.1) is 21.5 Å². The summed E-state index contributed by atoms with van der Waals surface area (Å²) in [7, 11) is -4.81. The molecule has 11 rings (SSSR count). The number of ether oxygens (including phenoxy) is 3. The Hall–Kier alpha value is -6.72. The molecule has 1 aliphatic carbocycles. The fourth-order valence-corrected chi connectivity index (χ4v) is 13.4. The fraction of sp³-hybridized carbons (Fsp3) is 0.491. The largest absolute Gasteiger partial charge is 0.524 e. The molecule has 430 valence electrons. The van der Waals surface area contributed by atoms with Crippen LogP contribution in [-0.2, 0) is 18.9 Å². The van der Waals surface area contributed by atoms with Crippen LogP contribution in [0.25, 0.3) is 21.7 Å². The van der Waals surface area contributed by atoms with E-state index in [1.807, 2.05) is 69.6 Å². The molecule has 0 radical (unpaired) electrons. The number of phosphoric acid groups is 1. The topological polar surface area (TPSA) is 277 Å². The Labute approximate surface area is 474 Å². The molecule has 4 aliphatic heterocycles. The van der Waals surface area contributed by atoms with E-state index in [0.717, 1.165) is 79.0 Å². The van der Waals surface area contributed by atoms with Crippen molar-refractivity contribution >= 4 is 48.2 Å². The Morgan fingerprint density at radius 3 is 2.36 bits per heavy atom. The predicted molar refractivity (Wildman–Crippen MR) is 303 cm³/mol. The van der Waals surface area contributed by atoms with E-state index >= 15 is 0 Å². The molecule has 0 spiro atoms. The molecule has 2 unspecified atom stereocenters. The van der Waals surface area contributed by atoms with Crippen molar-refractivity contribution in [1.29, 1.82) is 0 Å². The zero-order chi connectivity index (χ0) is 56.5. The summed E-state index contributed by atoms with van der Waals surface area (Å²) in [6.07, 6.45) is 6.83. The van der Waals surface area contributed by atoms with Gasteiger partial charge in [0.05, 0.1) is 51.8 Å². The normalized spacial score (nSPS) is 23.1. The van der Waals surface area contributed by atoms with Crippen molar-refractivity contribution in [2.75, 3.05) is 61.4 Å². The molecule has 2 aromatic carbocycles. The van der Waals surface area contributed by atoms with Crippen LogP contribution < -0.4 is 34.8 Å². The van der Waals surface area contributed by atoms with Gasteiger partial charge in [-0.05, 0) is 86.0 Å². The smallest absolute Gasteiger partial charge is 0.474 e. The third kappa shape index (κ3) is 12.8. The molecule has 5 fully saturated rings. The second-order valence-corrected chi connectivity index (χ2v) is 24.3. The third-order valence-corrected chi connectivity index (χ3v) is 17.7. The summed E-state index contributed by atoms with van der Waals surface area (Å²) in [5.74, 6) is -0.0334. The van der Waals surface area contributed by atoms with E-state index in [1.54, 1.807) is 47.9 Å². The van der Waals surface area contributed by atoms with Crippen LogP contribution in [0.3, 0.4) is 0 Å². The molecule has 81 heavy (non-hydrogen) atoms. The zero-order valence-corrected chi connectivity index (χ0v) is 47.5. The molecule has 6 aromatic rings. The van der Waals surface area contributed by atoms with Gasteiger partial charge in [-0.25, -0.2) is 14.5 Å². The van der Waals surface area contributed by atoms with Gasteiger partial charge in [-0.2, -0.15) is 0 Å². The van der Waals surface area contributed by atoms with Crippen molar-refractivity contribution in [1.82, 2.24) is 40.4 Å². The maximum atomic E-state index is 14.3. The van der Waals surface area contributed by atoms with Gasteiger partial charge in [0.2, 0.25) is 17.7 Å². The van der Waals surface area contributed by atoms with Crippen LogP contribution in [0.5, 0.6) is 17.5 Å². The minimum Gasteiger partial charge on any atom is -0.474 e. The molecule has 6 N–H and O–H groups in total. The number of phosphoric ester groups is 1. The number of nitrogens with zero attached hydrogens (tertiary/aromatic N) is 9. The standard InChI is InChI=1S/C57H70N11O11PS/c1-33(2)53(57(71)67-31-41(69)24-48(67)56(70)61-34(3)36-9-11-37(12-10-36)54-35(4)60-32-81-54)50-28-52(64-78-50)75-22-21-65-19-16-42(17-20-65)76-43-25-44(26-43)77-51-23-38(15-18-59-51)68-39-13-14-40(68)30-66(29-39)47-27-46(62-63-55(47)58)45-7-5-6-8-49(45)79-80(72,73)74/h5-12,15,18,23,27-28,32-34,39-44,48,53,69H,13-14,16-17,19-22,24-26,29-31H2,1-4H3,(H2,58,63)(H,61,70)(H2,72,73,74)/t34-,39?,40?,41-,43?,44?,48+,53-/m1/s1. The lowest BCUT2D eigenvalue weighted by atomic mass is 9.91. The van der Waals surface area contributed by atoms with E-state index in [0.29, 0.717) is 60.7 Å². The Morgan fingerprint density at radius 1 is 0.889 bits per heavy atom. The molecule has 2 amide bonds. The van der Waals surface area contributed by atoms with E-state index in [4.69, 9.17) is 29.0 Å². The van der Waals surface area contributed by atoms with Crippen LogP contribution in [-0.4, -0.2) is 150 Å². The van der Waals surface area contributed by atoms with Gasteiger partial charge in [-0.3, -0.25) is 24.3 Å². The van der Waals surface area contributed by atoms with Gasteiger partial charge in [0, 0.05) is 100 Å². The molecule has 8 heterocycles. The average Bonchev–Trinajstić information content (AvgIpc) is 4.39. The van der Waals surface area contributed by atoms with Gasteiger partial charge < -0.3 is 54.1 Å². The van der Waals surface area contributed by atoms with Gasteiger partial charge >= 0.3 is 7.82 Å². The van der Waals surface area contributed by atoms with Crippen LogP contribution >= 0.6 is 19.2 Å². The number of benzene rings is 2. The number of pyridine rings is 1. The summed E-state index contributed by atoms with van der Waals surface area (Å²) in [6.45, 7) is 12.0. The number of piperazine rings is 1. The third-order valence-electron chi connectivity index (χ3n) is 16.3. The summed E-state index contributed by atoms with van der Waals surface area (Å²) < 4.78 is 41.4. The lowest BCUT2D eigenvalue weighted by Crippen LogP contribution is -2.54. The average molecular weight is 1150 g/mol. The number of nitrogens with one attached hydrogen (secondary N) is 1. The quantitative estimate of drug-likeness (QED) is 0.0485. The van der Waals surface area contributed by atoms with Crippen molar-refractivity contribution in [2.24, 2.45) is 5.92 Å². The number of hydrogen-bond donors (Lipinski definition) is 5. The van der Waals surface area contributed by atoms with Crippen LogP contribution in [0, 0.1) is 12.8 Å². The molecule has 4 saturated heterocycles. The minimum atomic E-state index is -4.81.